The van der Waals surface area contributed by atoms with Gasteiger partial charge in [-0.3, -0.25) is 4.79 Å². The molecule has 156 valence electrons. The van der Waals surface area contributed by atoms with Crippen LogP contribution in [0.25, 0.3) is 11.3 Å². The number of ether oxygens (including phenoxy) is 2. The molecule has 0 radical (unpaired) electrons. The number of likely N-dealkylation sites (tertiary alicyclic amines) is 1. The van der Waals surface area contributed by atoms with Crippen molar-refractivity contribution < 1.29 is 14.3 Å². The smallest absolute Gasteiger partial charge is 0.233 e. The lowest BCUT2D eigenvalue weighted by atomic mass is 10.0. The first-order chi connectivity index (χ1) is 14.7. The maximum atomic E-state index is 13.0. The Morgan fingerprint density at radius 2 is 2.03 bits per heavy atom. The number of hydrogen-bond acceptors (Lipinski definition) is 6. The zero-order chi connectivity index (χ0) is 20.9. The summed E-state index contributed by atoms with van der Waals surface area (Å²) in [5.74, 6) is 2.07. The lowest BCUT2D eigenvalue weighted by Gasteiger charge is -2.26. The van der Waals surface area contributed by atoms with Gasteiger partial charge in [0.15, 0.2) is 4.34 Å². The summed E-state index contributed by atoms with van der Waals surface area (Å²) in [5, 5.41) is 2.04. The molecule has 0 spiro atoms. The number of carbonyl (C=O) groups excluding carboxylic acids is 1. The predicted molar refractivity (Wildman–Crippen MR) is 122 cm³/mol. The molecule has 1 fully saturated rings. The minimum Gasteiger partial charge on any atom is -0.497 e. The molecule has 7 heteroatoms. The monoisotopic (exact) mass is 440 g/mol. The third-order valence-electron chi connectivity index (χ3n) is 5.24. The van der Waals surface area contributed by atoms with Crippen LogP contribution in [-0.2, 0) is 4.79 Å². The van der Waals surface area contributed by atoms with Crippen molar-refractivity contribution in [1.82, 2.24) is 9.88 Å². The van der Waals surface area contributed by atoms with Crippen LogP contribution >= 0.6 is 23.1 Å². The zero-order valence-electron chi connectivity index (χ0n) is 17.0. The predicted octanol–water partition coefficient (Wildman–Crippen LogP) is 5.28. The summed E-state index contributed by atoms with van der Waals surface area (Å²) in [5.41, 5.74) is 3.06. The second-order valence-electron chi connectivity index (χ2n) is 7.01. The Balaban J connectivity index is 1.44. The van der Waals surface area contributed by atoms with E-state index in [2.05, 4.69) is 4.98 Å². The molecule has 4 rings (SSSR count). The van der Waals surface area contributed by atoms with Crippen LogP contribution in [0.1, 0.15) is 24.4 Å². The van der Waals surface area contributed by atoms with Crippen molar-refractivity contribution in [2.75, 3.05) is 26.5 Å². The number of carbonyl (C=O) groups is 1. The van der Waals surface area contributed by atoms with E-state index in [0.717, 1.165) is 52.0 Å². The molecule has 2 heterocycles. The molecule has 0 bridgehead atoms. The number of aromatic nitrogens is 1. The standard InChI is InChI=1S/C23H24N2O3S2/c1-27-17-10-11-21(28-2)18(13-17)20-9-6-12-25(20)22(26)15-30-23-24-19(14-29-23)16-7-4-3-5-8-16/h3-5,7-8,10-11,13-14,20H,6,9,12,15H2,1-2H3. The molecule has 1 saturated heterocycles. The molecular weight excluding hydrogens is 416 g/mol. The average molecular weight is 441 g/mol. The number of thiazole rings is 1. The van der Waals surface area contributed by atoms with Crippen LogP contribution in [0.3, 0.4) is 0 Å². The van der Waals surface area contributed by atoms with Gasteiger partial charge < -0.3 is 14.4 Å². The van der Waals surface area contributed by atoms with E-state index in [1.807, 2.05) is 58.8 Å². The Morgan fingerprint density at radius 3 is 2.80 bits per heavy atom. The highest BCUT2D eigenvalue weighted by atomic mass is 32.2. The molecule has 1 aliphatic rings. The van der Waals surface area contributed by atoms with Crippen LogP contribution in [0.2, 0.25) is 0 Å². The Hall–Kier alpha value is -2.51. The van der Waals surface area contributed by atoms with Gasteiger partial charge in [-0.05, 0) is 31.0 Å². The molecule has 2 aromatic carbocycles. The summed E-state index contributed by atoms with van der Waals surface area (Å²) in [4.78, 5) is 19.7. The number of benzene rings is 2. The molecule has 30 heavy (non-hydrogen) atoms. The first kappa shape index (κ1) is 20.8. The van der Waals surface area contributed by atoms with Gasteiger partial charge >= 0.3 is 0 Å². The van der Waals surface area contributed by atoms with Gasteiger partial charge in [0.2, 0.25) is 5.91 Å². The van der Waals surface area contributed by atoms with E-state index in [9.17, 15) is 4.79 Å². The summed E-state index contributed by atoms with van der Waals surface area (Å²) in [7, 11) is 3.31. The summed E-state index contributed by atoms with van der Waals surface area (Å²) < 4.78 is 11.8. The summed E-state index contributed by atoms with van der Waals surface area (Å²) in [6.07, 6.45) is 1.91. The highest BCUT2D eigenvalue weighted by molar-refractivity contribution is 8.01. The van der Waals surface area contributed by atoms with Gasteiger partial charge in [0.25, 0.3) is 0 Å². The van der Waals surface area contributed by atoms with Crippen LogP contribution in [-0.4, -0.2) is 42.3 Å². The number of hydrogen-bond donors (Lipinski definition) is 0. The fourth-order valence-electron chi connectivity index (χ4n) is 3.76. The summed E-state index contributed by atoms with van der Waals surface area (Å²) in [6, 6.07) is 15.9. The van der Waals surface area contributed by atoms with Gasteiger partial charge in [-0.2, -0.15) is 0 Å². The first-order valence-corrected chi connectivity index (χ1v) is 11.7. The maximum Gasteiger partial charge on any atom is 0.233 e. The fraction of sp³-hybridized carbons (Fsp3) is 0.304. The molecule has 3 aromatic rings. The van der Waals surface area contributed by atoms with Crippen molar-refractivity contribution in [2.24, 2.45) is 0 Å². The Labute approximate surface area is 185 Å². The van der Waals surface area contributed by atoms with E-state index < -0.39 is 0 Å². The van der Waals surface area contributed by atoms with E-state index in [1.54, 1.807) is 25.6 Å². The number of methoxy groups -OCH3 is 2. The highest BCUT2D eigenvalue weighted by Crippen LogP contribution is 2.39. The molecule has 5 nitrogen and oxygen atoms in total. The summed E-state index contributed by atoms with van der Waals surface area (Å²) >= 11 is 3.09. The molecule has 1 aliphatic heterocycles. The van der Waals surface area contributed by atoms with E-state index >= 15 is 0 Å². The second-order valence-corrected chi connectivity index (χ2v) is 9.09. The Morgan fingerprint density at radius 1 is 1.20 bits per heavy atom. The molecule has 1 unspecified atom stereocenters. The first-order valence-electron chi connectivity index (χ1n) is 9.84. The molecule has 1 amide bonds. The average Bonchev–Trinajstić information content (AvgIpc) is 3.47. The molecule has 1 aromatic heterocycles. The third-order valence-corrected chi connectivity index (χ3v) is 7.25. The SMILES string of the molecule is COc1ccc(OC)c(C2CCCN2C(=O)CSc2nc(-c3ccccc3)cs2)c1. The van der Waals surface area contributed by atoms with Gasteiger partial charge in [-0.25, -0.2) is 4.98 Å². The van der Waals surface area contributed by atoms with Gasteiger partial charge in [-0.15, -0.1) is 11.3 Å². The van der Waals surface area contributed by atoms with E-state index in [0.29, 0.717) is 5.75 Å². The van der Waals surface area contributed by atoms with Gasteiger partial charge in [0, 0.05) is 23.1 Å². The highest BCUT2D eigenvalue weighted by Gasteiger charge is 2.32. The molecule has 0 aliphatic carbocycles. The molecule has 0 N–H and O–H groups in total. The van der Waals surface area contributed by atoms with Gasteiger partial charge in [-0.1, -0.05) is 42.1 Å². The third kappa shape index (κ3) is 4.47. The van der Waals surface area contributed by atoms with Crippen molar-refractivity contribution in [3.05, 3.63) is 59.5 Å². The molecular formula is C23H24N2O3S2. The molecule has 1 atom stereocenters. The molecule has 0 saturated carbocycles. The summed E-state index contributed by atoms with van der Waals surface area (Å²) in [6.45, 7) is 0.761. The van der Waals surface area contributed by atoms with Crippen LogP contribution in [0.5, 0.6) is 11.5 Å². The minimum absolute atomic E-state index is 0.0133. The zero-order valence-corrected chi connectivity index (χ0v) is 18.7. The quantitative estimate of drug-likeness (QED) is 0.468. The maximum absolute atomic E-state index is 13.0. The van der Waals surface area contributed by atoms with E-state index in [-0.39, 0.29) is 11.9 Å². The lowest BCUT2D eigenvalue weighted by molar-refractivity contribution is -0.129. The number of rotatable bonds is 7. The fourth-order valence-corrected chi connectivity index (χ4v) is 5.48. The number of amides is 1. The Kier molecular flexibility index (Phi) is 6.59. The number of thioether (sulfide) groups is 1. The minimum atomic E-state index is 0.0133. The lowest BCUT2D eigenvalue weighted by Crippen LogP contribution is -2.32. The van der Waals surface area contributed by atoms with Crippen LogP contribution < -0.4 is 9.47 Å². The van der Waals surface area contributed by atoms with Crippen molar-refractivity contribution in [3.63, 3.8) is 0 Å². The number of nitrogens with zero attached hydrogens (tertiary/aromatic N) is 2. The van der Waals surface area contributed by atoms with Gasteiger partial charge in [0.05, 0.1) is 31.7 Å². The van der Waals surface area contributed by atoms with Crippen molar-refractivity contribution in [1.29, 1.82) is 0 Å². The van der Waals surface area contributed by atoms with Gasteiger partial charge in [0.1, 0.15) is 11.5 Å². The Bertz CT molecular complexity index is 1010. The van der Waals surface area contributed by atoms with Crippen LogP contribution in [0.15, 0.2) is 58.3 Å². The van der Waals surface area contributed by atoms with Crippen molar-refractivity contribution >= 4 is 29.0 Å². The van der Waals surface area contributed by atoms with E-state index in [4.69, 9.17) is 9.47 Å². The van der Waals surface area contributed by atoms with Crippen LogP contribution in [0, 0.1) is 0 Å². The van der Waals surface area contributed by atoms with Crippen LogP contribution in [0.4, 0.5) is 0 Å². The van der Waals surface area contributed by atoms with Crippen molar-refractivity contribution in [3.8, 4) is 22.8 Å². The van der Waals surface area contributed by atoms with Crippen molar-refractivity contribution in [2.45, 2.75) is 23.2 Å². The van der Waals surface area contributed by atoms with E-state index in [1.165, 1.54) is 11.8 Å². The topological polar surface area (TPSA) is 51.7 Å². The normalized spacial score (nSPS) is 15.9. The largest absolute Gasteiger partial charge is 0.497 e. The second kappa shape index (κ2) is 9.53.